The fourth-order valence-corrected chi connectivity index (χ4v) is 13.0. The van der Waals surface area contributed by atoms with Gasteiger partial charge in [0.1, 0.15) is 18.0 Å². The van der Waals surface area contributed by atoms with Crippen LogP contribution in [0.1, 0.15) is 65.7 Å². The van der Waals surface area contributed by atoms with E-state index in [1.54, 1.807) is 0 Å². The van der Waals surface area contributed by atoms with Crippen LogP contribution in [0.15, 0.2) is 47.6 Å². The number of hydrogen-bond donors (Lipinski definition) is 0. The van der Waals surface area contributed by atoms with Crippen molar-refractivity contribution in [3.8, 4) is 0 Å². The molecule has 2 heterocycles. The summed E-state index contributed by atoms with van der Waals surface area (Å²) in [6, 6.07) is 0. The van der Waals surface area contributed by atoms with E-state index >= 15 is 4.79 Å². The normalized spacial score (nSPS) is 41.2. The number of hydrogen-bond acceptors (Lipinski definition) is 7. The first-order chi connectivity index (χ1) is 22.3. The fraction of sp³-hybridized carbons (Fsp3) is 0.718. The van der Waals surface area contributed by atoms with Gasteiger partial charge in [-0.05, 0) is 82.2 Å². The summed E-state index contributed by atoms with van der Waals surface area (Å²) in [4.78, 5) is 41.4. The molecule has 9 heteroatoms. The topological polar surface area (TPSA) is 88.1 Å². The number of ketones is 1. The van der Waals surface area contributed by atoms with E-state index in [1.165, 1.54) is 11.1 Å². The SMILES string of the molecule is C=C1C(=O)O[C@@H]2[C@@H]3C4=C(CC[C@@H]12)CC[C@]1(C(=O)C[C@H]2C(=C)CC[C@H]5C(=C)C(=O)O[C@@H]5[C@H]21)[C@@H]4[C@@H](O[Si](C)(C)C)[C@H]3CO[Si](C)(C)C(C)(C)C. The molecule has 2 saturated heterocycles. The first kappa shape index (κ1) is 34.4. The lowest BCUT2D eigenvalue weighted by Gasteiger charge is -2.50. The molecule has 0 aromatic heterocycles. The predicted molar refractivity (Wildman–Crippen MR) is 190 cm³/mol. The number of ether oxygens (including phenoxy) is 2. The number of fused-ring (bicyclic) bond motifs is 7. The highest BCUT2D eigenvalue weighted by molar-refractivity contribution is 6.74. The van der Waals surface area contributed by atoms with Gasteiger partial charge >= 0.3 is 11.9 Å². The van der Waals surface area contributed by atoms with Gasteiger partial charge in [-0.2, -0.15) is 0 Å². The van der Waals surface area contributed by atoms with Crippen LogP contribution in [0.25, 0.3) is 0 Å². The third-order valence-corrected chi connectivity index (χ3v) is 19.5. The molecule has 5 fully saturated rings. The third-order valence-electron chi connectivity index (χ3n) is 14.1. The summed E-state index contributed by atoms with van der Waals surface area (Å²) in [5, 5.41) is 0.0123. The Morgan fingerprint density at radius 2 is 1.46 bits per heavy atom. The zero-order chi connectivity index (χ0) is 34.9. The van der Waals surface area contributed by atoms with Gasteiger partial charge in [-0.1, -0.05) is 57.2 Å². The van der Waals surface area contributed by atoms with Gasteiger partial charge in [0.15, 0.2) is 16.6 Å². The quantitative estimate of drug-likeness (QED) is 0.126. The van der Waals surface area contributed by atoms with E-state index < -0.39 is 28.2 Å². The number of allylic oxidation sites excluding steroid dienone is 2. The van der Waals surface area contributed by atoms with E-state index in [2.05, 4.69) is 73.2 Å². The van der Waals surface area contributed by atoms with Gasteiger partial charge in [0.2, 0.25) is 0 Å². The minimum atomic E-state index is -2.19. The molecule has 5 aliphatic carbocycles. The Bertz CT molecular complexity index is 1530. The zero-order valence-electron chi connectivity index (χ0n) is 30.4. The van der Waals surface area contributed by atoms with Gasteiger partial charge < -0.3 is 18.3 Å². The Labute approximate surface area is 289 Å². The predicted octanol–water partition coefficient (Wildman–Crippen LogP) is 7.71. The Hall–Kier alpha value is -2.08. The Morgan fingerprint density at radius 3 is 2.08 bits per heavy atom. The van der Waals surface area contributed by atoms with E-state index in [0.29, 0.717) is 30.6 Å². The molecule has 262 valence electrons. The van der Waals surface area contributed by atoms with Gasteiger partial charge in [0.25, 0.3) is 0 Å². The van der Waals surface area contributed by atoms with Gasteiger partial charge in [-0.3, -0.25) is 4.79 Å². The van der Waals surface area contributed by atoms with Crippen LogP contribution in [0.2, 0.25) is 37.8 Å². The smallest absolute Gasteiger partial charge is 0.334 e. The molecule has 7 nitrogen and oxygen atoms in total. The lowest BCUT2D eigenvalue weighted by molar-refractivity contribution is -0.151. The zero-order valence-corrected chi connectivity index (χ0v) is 32.4. The van der Waals surface area contributed by atoms with Crippen molar-refractivity contribution in [1.82, 2.24) is 0 Å². The molecule has 7 rings (SSSR count). The van der Waals surface area contributed by atoms with Crippen LogP contribution < -0.4 is 0 Å². The highest BCUT2D eigenvalue weighted by atomic mass is 28.4. The first-order valence-electron chi connectivity index (χ1n) is 18.3. The van der Waals surface area contributed by atoms with E-state index in [4.69, 9.17) is 18.3 Å². The number of rotatable bonds is 5. The summed E-state index contributed by atoms with van der Waals surface area (Å²) < 4.78 is 27.1. The Kier molecular flexibility index (Phi) is 8.03. The van der Waals surface area contributed by atoms with Gasteiger partial charge in [0.05, 0.1) is 6.10 Å². The van der Waals surface area contributed by atoms with Crippen molar-refractivity contribution in [2.24, 2.45) is 46.8 Å². The van der Waals surface area contributed by atoms with Crippen molar-refractivity contribution in [2.75, 3.05) is 6.61 Å². The number of esters is 2. The lowest BCUT2D eigenvalue weighted by atomic mass is 9.55. The second-order valence-corrected chi connectivity index (χ2v) is 27.8. The molecule has 3 saturated carbocycles. The molecule has 1 spiro atoms. The highest BCUT2D eigenvalue weighted by Crippen LogP contribution is 2.70. The van der Waals surface area contributed by atoms with Crippen molar-refractivity contribution in [1.29, 1.82) is 0 Å². The maximum absolute atomic E-state index is 15.1. The summed E-state index contributed by atoms with van der Waals surface area (Å²) in [7, 11) is -4.38. The minimum Gasteiger partial charge on any atom is -0.458 e. The van der Waals surface area contributed by atoms with Crippen LogP contribution in [0.4, 0.5) is 0 Å². The van der Waals surface area contributed by atoms with Crippen LogP contribution in [0.3, 0.4) is 0 Å². The summed E-state index contributed by atoms with van der Waals surface area (Å²) in [6.07, 6.45) is 4.10. The molecule has 11 atom stereocenters. The molecule has 0 N–H and O–H groups in total. The number of carbonyl (C=O) groups is 3. The molecular formula is C39H56O7Si2. The van der Waals surface area contributed by atoms with E-state index in [-0.39, 0.29) is 76.4 Å². The van der Waals surface area contributed by atoms with Crippen LogP contribution >= 0.6 is 0 Å². The molecule has 7 aliphatic rings. The highest BCUT2D eigenvalue weighted by Gasteiger charge is 2.72. The summed E-state index contributed by atoms with van der Waals surface area (Å²) in [6.45, 7) is 31.5. The van der Waals surface area contributed by atoms with Crippen molar-refractivity contribution in [3.05, 3.63) is 47.6 Å². The maximum Gasteiger partial charge on any atom is 0.334 e. The third kappa shape index (κ3) is 4.95. The maximum atomic E-state index is 15.1. The molecule has 0 aromatic rings. The molecule has 2 aliphatic heterocycles. The van der Waals surface area contributed by atoms with Gasteiger partial charge in [-0.15, -0.1) is 0 Å². The van der Waals surface area contributed by atoms with Crippen LogP contribution in [0, 0.1) is 46.8 Å². The fourth-order valence-electron chi connectivity index (χ4n) is 10.8. The van der Waals surface area contributed by atoms with Crippen molar-refractivity contribution in [3.63, 3.8) is 0 Å². The second-order valence-electron chi connectivity index (χ2n) is 18.5. The molecule has 0 aromatic carbocycles. The first-order valence-corrected chi connectivity index (χ1v) is 24.6. The molecule has 0 unspecified atom stereocenters. The number of carbonyl (C=O) groups excluding carboxylic acids is 3. The minimum absolute atomic E-state index is 0.0123. The van der Waals surface area contributed by atoms with E-state index in [1.807, 2.05) is 0 Å². The average Bonchev–Trinajstić information content (AvgIpc) is 3.57. The Morgan fingerprint density at radius 1 is 0.854 bits per heavy atom. The largest absolute Gasteiger partial charge is 0.458 e. The van der Waals surface area contributed by atoms with Crippen molar-refractivity contribution >= 4 is 34.4 Å². The van der Waals surface area contributed by atoms with Crippen LogP contribution in [-0.2, 0) is 32.7 Å². The molecule has 0 radical (unpaired) electrons. The Balaban J connectivity index is 1.43. The van der Waals surface area contributed by atoms with E-state index in [9.17, 15) is 9.59 Å². The lowest BCUT2D eigenvalue weighted by Crippen LogP contribution is -2.54. The van der Waals surface area contributed by atoms with Gasteiger partial charge in [0, 0.05) is 65.1 Å². The van der Waals surface area contributed by atoms with E-state index in [0.717, 1.165) is 37.7 Å². The number of Topliss-reactive ketones (excluding diaryl/α,β-unsaturated/α-hetero) is 1. The van der Waals surface area contributed by atoms with Gasteiger partial charge in [-0.25, -0.2) is 9.59 Å². The van der Waals surface area contributed by atoms with Crippen molar-refractivity contribution < 1.29 is 32.7 Å². The monoisotopic (exact) mass is 692 g/mol. The summed E-state index contributed by atoms with van der Waals surface area (Å²) in [5.74, 6) is -1.23. The van der Waals surface area contributed by atoms with Crippen LogP contribution in [0.5, 0.6) is 0 Å². The summed E-state index contributed by atoms with van der Waals surface area (Å²) in [5.41, 5.74) is 4.11. The average molecular weight is 693 g/mol. The second kappa shape index (κ2) is 11.2. The van der Waals surface area contributed by atoms with Crippen LogP contribution in [-0.4, -0.2) is 59.3 Å². The summed E-state index contributed by atoms with van der Waals surface area (Å²) >= 11 is 0. The molecular weight excluding hydrogens is 637 g/mol. The molecule has 0 amide bonds. The van der Waals surface area contributed by atoms with Crippen molar-refractivity contribution in [2.45, 2.75) is 122 Å². The molecule has 48 heavy (non-hydrogen) atoms. The standard InChI is InChI=1S/C39H56O7Si2/c1-20-12-14-25-22(3)37(42)45-34(25)31-26(20)18-28(40)39(31)17-16-23-13-15-24-21(2)36(41)44-33(24)30-27(19-43-48(10,11)38(4,5)6)35(32(39)29(23)30)46-47(7,8)9/h24-27,30-35H,1-3,12-19H2,4-11H3/t24-,25-,26-,27-,30-,31-,32-,33-,34-,35-,39+/m0/s1. The molecule has 0 bridgehead atoms.